The Hall–Kier alpha value is -0.820. The third-order valence-electron chi connectivity index (χ3n) is 3.51. The molecule has 1 aromatic rings. The number of benzene rings is 1. The Balaban J connectivity index is 2.17. The number of hydrogen-bond acceptors (Lipinski definition) is 3. The highest BCUT2D eigenvalue weighted by atomic mass is 35.5. The van der Waals surface area contributed by atoms with E-state index >= 15 is 0 Å². The lowest BCUT2D eigenvalue weighted by Gasteiger charge is -2.37. The van der Waals surface area contributed by atoms with Crippen LogP contribution in [0.3, 0.4) is 0 Å². The molecule has 8 heteroatoms. The molecule has 0 spiro atoms. The number of carboxylic acid groups (broad SMARTS) is 1. The van der Waals surface area contributed by atoms with E-state index in [0.717, 1.165) is 6.42 Å². The first-order chi connectivity index (χ1) is 9.25. The van der Waals surface area contributed by atoms with Crippen LogP contribution in [-0.2, 0) is 14.8 Å². The van der Waals surface area contributed by atoms with Gasteiger partial charge < -0.3 is 5.11 Å². The Labute approximate surface area is 126 Å². The normalized spacial score (nSPS) is 17.5. The molecule has 0 atom stereocenters. The van der Waals surface area contributed by atoms with E-state index in [0.29, 0.717) is 12.8 Å². The number of hydrogen-bond donors (Lipinski definition) is 2. The van der Waals surface area contributed by atoms with Crippen LogP contribution in [0.2, 0.25) is 10.0 Å². The molecule has 1 fully saturated rings. The zero-order valence-electron chi connectivity index (χ0n) is 10.4. The lowest BCUT2D eigenvalue weighted by atomic mass is 9.69. The Kier molecular flexibility index (Phi) is 4.30. The molecule has 110 valence electrons. The minimum Gasteiger partial charge on any atom is -0.481 e. The summed E-state index contributed by atoms with van der Waals surface area (Å²) >= 11 is 11.5. The molecular formula is C12H13Cl2NO4S. The van der Waals surface area contributed by atoms with Crippen molar-refractivity contribution in [1.82, 2.24) is 4.72 Å². The molecule has 0 bridgehead atoms. The lowest BCUT2D eigenvalue weighted by molar-refractivity contribution is -0.153. The van der Waals surface area contributed by atoms with Crippen LogP contribution in [0.5, 0.6) is 0 Å². The van der Waals surface area contributed by atoms with Crippen molar-refractivity contribution in [1.29, 1.82) is 0 Å². The van der Waals surface area contributed by atoms with Gasteiger partial charge in [-0.25, -0.2) is 13.1 Å². The number of aliphatic carboxylic acids is 1. The van der Waals surface area contributed by atoms with Crippen molar-refractivity contribution < 1.29 is 18.3 Å². The van der Waals surface area contributed by atoms with Crippen LogP contribution in [-0.4, -0.2) is 26.0 Å². The van der Waals surface area contributed by atoms with Crippen molar-refractivity contribution >= 4 is 39.2 Å². The fourth-order valence-electron chi connectivity index (χ4n) is 2.07. The predicted molar refractivity (Wildman–Crippen MR) is 75.6 cm³/mol. The summed E-state index contributed by atoms with van der Waals surface area (Å²) in [6.45, 7) is -0.130. The van der Waals surface area contributed by atoms with Gasteiger partial charge in [0, 0.05) is 16.6 Å². The summed E-state index contributed by atoms with van der Waals surface area (Å²) < 4.78 is 26.6. The van der Waals surface area contributed by atoms with Crippen molar-refractivity contribution in [3.05, 3.63) is 28.2 Å². The van der Waals surface area contributed by atoms with E-state index in [9.17, 15) is 13.2 Å². The van der Waals surface area contributed by atoms with Gasteiger partial charge >= 0.3 is 5.97 Å². The van der Waals surface area contributed by atoms with Crippen LogP contribution in [0.4, 0.5) is 0 Å². The molecule has 1 aliphatic carbocycles. The first kappa shape index (κ1) is 15.6. The quantitative estimate of drug-likeness (QED) is 0.864. The average molecular weight is 338 g/mol. The Bertz CT molecular complexity index is 621. The van der Waals surface area contributed by atoms with Crippen molar-refractivity contribution in [3.63, 3.8) is 0 Å². The smallest absolute Gasteiger partial charge is 0.310 e. The van der Waals surface area contributed by atoms with Crippen LogP contribution in [0.1, 0.15) is 19.3 Å². The molecule has 2 rings (SSSR count). The average Bonchev–Trinajstić information content (AvgIpc) is 2.25. The second kappa shape index (κ2) is 5.52. The maximum Gasteiger partial charge on any atom is 0.310 e. The summed E-state index contributed by atoms with van der Waals surface area (Å²) in [5, 5.41) is 9.57. The van der Waals surface area contributed by atoms with Gasteiger partial charge in [0.2, 0.25) is 10.0 Å². The minimum atomic E-state index is -3.83. The zero-order valence-corrected chi connectivity index (χ0v) is 12.7. The van der Waals surface area contributed by atoms with Gasteiger partial charge in [-0.3, -0.25) is 4.79 Å². The maximum atomic E-state index is 12.1. The highest BCUT2D eigenvalue weighted by Gasteiger charge is 2.45. The second-order valence-corrected chi connectivity index (χ2v) is 7.51. The number of sulfonamides is 1. The monoisotopic (exact) mass is 337 g/mol. The molecule has 1 aliphatic rings. The highest BCUT2D eigenvalue weighted by Crippen LogP contribution is 2.40. The highest BCUT2D eigenvalue weighted by molar-refractivity contribution is 7.89. The molecule has 0 saturated heterocycles. The topological polar surface area (TPSA) is 83.5 Å². The van der Waals surface area contributed by atoms with Gasteiger partial charge in [0.25, 0.3) is 0 Å². The van der Waals surface area contributed by atoms with E-state index in [-0.39, 0.29) is 21.5 Å². The zero-order chi connectivity index (χ0) is 15.0. The molecule has 0 aromatic heterocycles. The Morgan fingerprint density at radius 2 is 1.80 bits per heavy atom. The summed E-state index contributed by atoms with van der Waals surface area (Å²) in [5.41, 5.74) is -0.991. The number of carboxylic acids is 1. The third-order valence-corrected chi connectivity index (χ3v) is 5.33. The molecule has 0 radical (unpaired) electrons. The standard InChI is InChI=1S/C12H13Cl2NO4S/c13-8-4-9(14)6-10(5-8)20(18,19)15-7-12(11(16)17)2-1-3-12/h4-6,15H,1-3,7H2,(H,16,17). The van der Waals surface area contributed by atoms with Gasteiger partial charge in [-0.15, -0.1) is 0 Å². The molecule has 0 unspecified atom stereocenters. The molecule has 5 nitrogen and oxygen atoms in total. The van der Waals surface area contributed by atoms with Gasteiger partial charge in [0.05, 0.1) is 10.3 Å². The number of nitrogens with one attached hydrogen (secondary N) is 1. The van der Waals surface area contributed by atoms with Crippen LogP contribution in [0.25, 0.3) is 0 Å². The van der Waals surface area contributed by atoms with Crippen LogP contribution >= 0.6 is 23.2 Å². The molecule has 1 saturated carbocycles. The van der Waals surface area contributed by atoms with Gasteiger partial charge in [0.15, 0.2) is 0 Å². The molecule has 20 heavy (non-hydrogen) atoms. The van der Waals surface area contributed by atoms with Crippen LogP contribution < -0.4 is 4.72 Å². The first-order valence-electron chi connectivity index (χ1n) is 5.94. The van der Waals surface area contributed by atoms with Gasteiger partial charge in [0.1, 0.15) is 0 Å². The van der Waals surface area contributed by atoms with Gasteiger partial charge in [-0.2, -0.15) is 0 Å². The van der Waals surface area contributed by atoms with E-state index in [1.165, 1.54) is 18.2 Å². The summed E-state index contributed by atoms with van der Waals surface area (Å²) in [4.78, 5) is 11.1. The van der Waals surface area contributed by atoms with Crippen molar-refractivity contribution in [2.24, 2.45) is 5.41 Å². The first-order valence-corrected chi connectivity index (χ1v) is 8.18. The Morgan fingerprint density at radius 1 is 1.25 bits per heavy atom. The summed E-state index contributed by atoms with van der Waals surface area (Å²) in [6.07, 6.45) is 1.74. The number of carbonyl (C=O) groups is 1. The fraction of sp³-hybridized carbons (Fsp3) is 0.417. The third kappa shape index (κ3) is 3.09. The second-order valence-electron chi connectivity index (χ2n) is 4.87. The largest absolute Gasteiger partial charge is 0.481 e. The van der Waals surface area contributed by atoms with Gasteiger partial charge in [-0.1, -0.05) is 29.6 Å². The van der Waals surface area contributed by atoms with E-state index in [1.54, 1.807) is 0 Å². The molecule has 1 aromatic carbocycles. The van der Waals surface area contributed by atoms with E-state index in [2.05, 4.69) is 4.72 Å². The lowest BCUT2D eigenvalue weighted by Crippen LogP contribution is -2.47. The molecular weight excluding hydrogens is 325 g/mol. The molecule has 0 heterocycles. The SMILES string of the molecule is O=C(O)C1(CNS(=O)(=O)c2cc(Cl)cc(Cl)c2)CCC1. The summed E-state index contributed by atoms with van der Waals surface area (Å²) in [6, 6.07) is 3.96. The fourth-order valence-corrected chi connectivity index (χ4v) is 3.92. The molecule has 0 aliphatic heterocycles. The minimum absolute atomic E-state index is 0.0742. The van der Waals surface area contributed by atoms with E-state index in [1.807, 2.05) is 0 Å². The molecule has 2 N–H and O–H groups in total. The Morgan fingerprint density at radius 3 is 2.20 bits per heavy atom. The van der Waals surface area contributed by atoms with E-state index < -0.39 is 21.4 Å². The van der Waals surface area contributed by atoms with Gasteiger partial charge in [-0.05, 0) is 31.0 Å². The predicted octanol–water partition coefficient (Wildman–Crippen LogP) is 2.53. The summed E-state index contributed by atoms with van der Waals surface area (Å²) in [5.74, 6) is -0.976. The van der Waals surface area contributed by atoms with Crippen LogP contribution in [0, 0.1) is 5.41 Å². The number of halogens is 2. The molecule has 0 amide bonds. The van der Waals surface area contributed by atoms with Crippen molar-refractivity contribution in [3.8, 4) is 0 Å². The van der Waals surface area contributed by atoms with Crippen molar-refractivity contribution in [2.45, 2.75) is 24.2 Å². The van der Waals surface area contributed by atoms with Crippen LogP contribution in [0.15, 0.2) is 23.1 Å². The van der Waals surface area contributed by atoms with E-state index in [4.69, 9.17) is 28.3 Å². The summed E-state index contributed by atoms with van der Waals surface area (Å²) in [7, 11) is -3.83. The van der Waals surface area contributed by atoms with Crippen molar-refractivity contribution in [2.75, 3.05) is 6.54 Å². The number of rotatable bonds is 5. The maximum absolute atomic E-state index is 12.1.